The molecule has 16 heavy (non-hydrogen) atoms. The Labute approximate surface area is 95.3 Å². The van der Waals surface area contributed by atoms with Gasteiger partial charge in [0.1, 0.15) is 0 Å². The van der Waals surface area contributed by atoms with Crippen LogP contribution in [0.4, 0.5) is 0 Å². The van der Waals surface area contributed by atoms with E-state index in [1.165, 1.54) is 0 Å². The van der Waals surface area contributed by atoms with E-state index in [0.717, 1.165) is 0 Å². The normalized spacial score (nSPS) is 9.00. The van der Waals surface area contributed by atoms with Gasteiger partial charge in [-0.25, -0.2) is 0 Å². The second-order valence-corrected chi connectivity index (χ2v) is 2.96. The summed E-state index contributed by atoms with van der Waals surface area (Å²) in [6.45, 7) is 1.54. The predicted octanol–water partition coefficient (Wildman–Crippen LogP) is 0.756. The highest BCUT2D eigenvalue weighted by Crippen LogP contribution is 2.11. The standard InChI is InChI=1S/C12H14O4/c1-4-7-10(11(13)15-8-5-2)12(14)16-9-6-3/h2-3,10H,4,7-9H2,1H3. The minimum atomic E-state index is -0.938. The van der Waals surface area contributed by atoms with Crippen LogP contribution < -0.4 is 0 Å². The third kappa shape index (κ3) is 5.07. The van der Waals surface area contributed by atoms with E-state index in [1.807, 2.05) is 6.92 Å². The van der Waals surface area contributed by atoms with Crippen molar-refractivity contribution in [2.24, 2.45) is 5.92 Å². The molecular weight excluding hydrogens is 208 g/mol. The highest BCUT2D eigenvalue weighted by Gasteiger charge is 2.28. The number of carbonyl (C=O) groups is 2. The average Bonchev–Trinajstić information content (AvgIpc) is 2.29. The van der Waals surface area contributed by atoms with Gasteiger partial charge in [0, 0.05) is 0 Å². The van der Waals surface area contributed by atoms with E-state index in [2.05, 4.69) is 21.3 Å². The molecule has 0 atom stereocenters. The summed E-state index contributed by atoms with van der Waals surface area (Å²) >= 11 is 0. The maximum Gasteiger partial charge on any atom is 0.321 e. The molecule has 0 aromatic carbocycles. The van der Waals surface area contributed by atoms with E-state index < -0.39 is 17.9 Å². The zero-order chi connectivity index (χ0) is 12.4. The van der Waals surface area contributed by atoms with E-state index in [4.69, 9.17) is 12.8 Å². The van der Waals surface area contributed by atoms with Gasteiger partial charge in [-0.05, 0) is 6.42 Å². The SMILES string of the molecule is C#CCOC(=O)C(CCC)C(=O)OCC#C. The Bertz CT molecular complexity index is 289. The van der Waals surface area contributed by atoms with Crippen molar-refractivity contribution < 1.29 is 19.1 Å². The Hall–Kier alpha value is -1.94. The van der Waals surface area contributed by atoms with Gasteiger partial charge in [-0.3, -0.25) is 9.59 Å². The molecule has 0 heterocycles. The Balaban J connectivity index is 4.36. The van der Waals surface area contributed by atoms with E-state index in [9.17, 15) is 9.59 Å². The lowest BCUT2D eigenvalue weighted by Crippen LogP contribution is -2.28. The lowest BCUT2D eigenvalue weighted by atomic mass is 10.0. The maximum absolute atomic E-state index is 11.4. The van der Waals surface area contributed by atoms with Crippen molar-refractivity contribution in [3.05, 3.63) is 0 Å². The Morgan fingerprint density at radius 1 is 1.12 bits per heavy atom. The highest BCUT2D eigenvalue weighted by molar-refractivity contribution is 5.94. The van der Waals surface area contributed by atoms with Crippen LogP contribution in [-0.4, -0.2) is 25.2 Å². The van der Waals surface area contributed by atoms with E-state index in [1.54, 1.807) is 0 Å². The molecule has 0 aromatic rings. The van der Waals surface area contributed by atoms with Gasteiger partial charge in [0.2, 0.25) is 0 Å². The summed E-state index contributed by atoms with van der Waals surface area (Å²) in [5.74, 6) is 2.03. The molecule has 0 N–H and O–H groups in total. The summed E-state index contributed by atoms with van der Waals surface area (Å²) in [6.07, 6.45) is 10.9. The summed E-state index contributed by atoms with van der Waals surface area (Å²) in [6, 6.07) is 0. The fourth-order valence-corrected chi connectivity index (χ4v) is 1.05. The first-order chi connectivity index (χ1) is 7.67. The molecule has 0 aromatic heterocycles. The molecule has 0 amide bonds. The van der Waals surface area contributed by atoms with E-state index in [-0.39, 0.29) is 13.2 Å². The number of ether oxygens (including phenoxy) is 2. The molecule has 0 saturated carbocycles. The zero-order valence-corrected chi connectivity index (χ0v) is 9.19. The van der Waals surface area contributed by atoms with Gasteiger partial charge in [-0.1, -0.05) is 25.2 Å². The van der Waals surface area contributed by atoms with Crippen molar-refractivity contribution in [3.8, 4) is 24.7 Å². The monoisotopic (exact) mass is 222 g/mol. The van der Waals surface area contributed by atoms with Crippen molar-refractivity contribution >= 4 is 11.9 Å². The predicted molar refractivity (Wildman–Crippen MR) is 58.0 cm³/mol. The number of esters is 2. The molecule has 86 valence electrons. The second kappa shape index (κ2) is 8.38. The Morgan fingerprint density at radius 2 is 1.56 bits per heavy atom. The van der Waals surface area contributed by atoms with Crippen LogP contribution in [0.3, 0.4) is 0 Å². The van der Waals surface area contributed by atoms with Crippen LogP contribution >= 0.6 is 0 Å². The fraction of sp³-hybridized carbons (Fsp3) is 0.500. The lowest BCUT2D eigenvalue weighted by Gasteiger charge is -2.12. The van der Waals surface area contributed by atoms with Gasteiger partial charge >= 0.3 is 11.9 Å². The van der Waals surface area contributed by atoms with Crippen LogP contribution in [-0.2, 0) is 19.1 Å². The molecule has 0 saturated heterocycles. The van der Waals surface area contributed by atoms with Crippen LogP contribution in [0.2, 0.25) is 0 Å². The Morgan fingerprint density at radius 3 is 1.88 bits per heavy atom. The van der Waals surface area contributed by atoms with Crippen LogP contribution in [0.25, 0.3) is 0 Å². The fourth-order valence-electron chi connectivity index (χ4n) is 1.05. The molecule has 0 fully saturated rings. The maximum atomic E-state index is 11.4. The van der Waals surface area contributed by atoms with Gasteiger partial charge in [-0.15, -0.1) is 12.8 Å². The first-order valence-corrected chi connectivity index (χ1v) is 4.87. The molecule has 0 unspecified atom stereocenters. The van der Waals surface area contributed by atoms with Crippen LogP contribution in [0.5, 0.6) is 0 Å². The molecule has 4 heteroatoms. The average molecular weight is 222 g/mol. The third-order valence-corrected chi connectivity index (χ3v) is 1.74. The molecular formula is C12H14O4. The van der Waals surface area contributed by atoms with Crippen molar-refractivity contribution in [1.82, 2.24) is 0 Å². The minimum absolute atomic E-state index is 0.151. The van der Waals surface area contributed by atoms with Crippen LogP contribution in [0.15, 0.2) is 0 Å². The van der Waals surface area contributed by atoms with Gasteiger partial charge in [-0.2, -0.15) is 0 Å². The highest BCUT2D eigenvalue weighted by atomic mass is 16.6. The topological polar surface area (TPSA) is 52.6 Å². The molecule has 0 rings (SSSR count). The summed E-state index contributed by atoms with van der Waals surface area (Å²) in [5, 5.41) is 0. The molecule has 0 aliphatic rings. The first-order valence-electron chi connectivity index (χ1n) is 4.87. The number of terminal acetylenes is 2. The third-order valence-electron chi connectivity index (χ3n) is 1.74. The Kier molecular flexibility index (Phi) is 7.36. The molecule has 0 radical (unpaired) electrons. The summed E-state index contributed by atoms with van der Waals surface area (Å²) in [7, 11) is 0. The van der Waals surface area contributed by atoms with Crippen molar-refractivity contribution in [2.45, 2.75) is 19.8 Å². The summed E-state index contributed by atoms with van der Waals surface area (Å²) in [4.78, 5) is 22.9. The first kappa shape index (κ1) is 14.1. The number of hydrogen-bond acceptors (Lipinski definition) is 4. The number of hydrogen-bond donors (Lipinski definition) is 0. The van der Waals surface area contributed by atoms with Gasteiger partial charge in [0.05, 0.1) is 0 Å². The zero-order valence-electron chi connectivity index (χ0n) is 9.19. The van der Waals surface area contributed by atoms with Crippen LogP contribution in [0.1, 0.15) is 19.8 Å². The lowest BCUT2D eigenvalue weighted by molar-refractivity contribution is -0.160. The number of carbonyl (C=O) groups excluding carboxylic acids is 2. The van der Waals surface area contributed by atoms with Gasteiger partial charge < -0.3 is 9.47 Å². The van der Waals surface area contributed by atoms with Crippen molar-refractivity contribution in [2.75, 3.05) is 13.2 Å². The second-order valence-electron chi connectivity index (χ2n) is 2.96. The number of rotatable bonds is 6. The molecule has 0 aliphatic heterocycles. The molecule has 0 bridgehead atoms. The van der Waals surface area contributed by atoms with E-state index >= 15 is 0 Å². The van der Waals surface area contributed by atoms with Gasteiger partial charge in [0.25, 0.3) is 0 Å². The molecule has 4 nitrogen and oxygen atoms in total. The van der Waals surface area contributed by atoms with Crippen molar-refractivity contribution in [1.29, 1.82) is 0 Å². The summed E-state index contributed by atoms with van der Waals surface area (Å²) in [5.41, 5.74) is 0. The quantitative estimate of drug-likeness (QED) is 0.378. The largest absolute Gasteiger partial charge is 0.452 e. The molecule has 0 aliphatic carbocycles. The van der Waals surface area contributed by atoms with Gasteiger partial charge in [0.15, 0.2) is 19.1 Å². The summed E-state index contributed by atoms with van der Waals surface area (Å²) < 4.78 is 9.36. The van der Waals surface area contributed by atoms with Crippen molar-refractivity contribution in [3.63, 3.8) is 0 Å². The molecule has 0 spiro atoms. The van der Waals surface area contributed by atoms with Crippen LogP contribution in [0, 0.1) is 30.6 Å². The smallest absolute Gasteiger partial charge is 0.321 e. The minimum Gasteiger partial charge on any atom is -0.452 e. The van der Waals surface area contributed by atoms with E-state index in [0.29, 0.717) is 12.8 Å².